The van der Waals surface area contributed by atoms with Crippen LogP contribution in [0.2, 0.25) is 0 Å². The molecule has 0 bridgehead atoms. The van der Waals surface area contributed by atoms with Crippen LogP contribution >= 0.6 is 0 Å². The number of amides is 1. The average molecular weight is 222 g/mol. The minimum absolute atomic E-state index is 0.103. The number of carbonyl (C=O) groups is 1. The minimum Gasteiger partial charge on any atom is -0.346 e. The van der Waals surface area contributed by atoms with Gasteiger partial charge in [-0.1, -0.05) is 0 Å². The molecule has 1 aromatic heterocycles. The molecule has 1 aliphatic heterocycles. The van der Waals surface area contributed by atoms with Gasteiger partial charge in [0.25, 0.3) is 5.91 Å². The van der Waals surface area contributed by atoms with Crippen LogP contribution in [0.5, 0.6) is 0 Å². The Morgan fingerprint density at radius 2 is 2.19 bits per heavy atom. The van der Waals surface area contributed by atoms with E-state index in [1.807, 2.05) is 20.8 Å². The van der Waals surface area contributed by atoms with Crippen LogP contribution in [0.4, 0.5) is 0 Å². The zero-order valence-electron chi connectivity index (χ0n) is 9.98. The van der Waals surface area contributed by atoms with Gasteiger partial charge in [-0.25, -0.2) is 0 Å². The smallest absolute Gasteiger partial charge is 0.272 e. The summed E-state index contributed by atoms with van der Waals surface area (Å²) in [6, 6.07) is 0. The molecule has 0 radical (unpaired) electrons. The average Bonchev–Trinajstić information content (AvgIpc) is 2.58. The normalized spacial score (nSPS) is 15.7. The Morgan fingerprint density at radius 3 is 2.88 bits per heavy atom. The fourth-order valence-corrected chi connectivity index (χ4v) is 1.81. The van der Waals surface area contributed by atoms with Crippen molar-refractivity contribution in [3.05, 3.63) is 17.0 Å². The molecule has 0 unspecified atom stereocenters. The molecule has 0 fully saturated rings. The Bertz CT molecular complexity index is 403. The number of hydrogen-bond donors (Lipinski definition) is 3. The predicted octanol–water partition coefficient (Wildman–Crippen LogP) is 0.584. The molecule has 1 aliphatic rings. The van der Waals surface area contributed by atoms with Gasteiger partial charge in [-0.05, 0) is 20.8 Å². The lowest BCUT2D eigenvalue weighted by atomic mass is 10.1. The third-order valence-electron chi connectivity index (χ3n) is 2.51. The summed E-state index contributed by atoms with van der Waals surface area (Å²) in [5.74, 6) is -0.103. The molecule has 88 valence electrons. The van der Waals surface area contributed by atoms with E-state index in [0.717, 1.165) is 30.8 Å². The summed E-state index contributed by atoms with van der Waals surface area (Å²) in [5, 5.41) is 13.2. The van der Waals surface area contributed by atoms with Gasteiger partial charge in [0, 0.05) is 36.3 Å². The van der Waals surface area contributed by atoms with Crippen molar-refractivity contribution in [3.8, 4) is 0 Å². The van der Waals surface area contributed by atoms with Crippen LogP contribution in [-0.4, -0.2) is 28.2 Å². The van der Waals surface area contributed by atoms with Crippen molar-refractivity contribution in [1.82, 2.24) is 20.8 Å². The number of aromatic nitrogens is 2. The molecule has 0 saturated carbocycles. The molecule has 0 saturated heterocycles. The Labute approximate surface area is 95.0 Å². The SMILES string of the molecule is CC(C)(C)NC(=O)c1n[nH]c2c1CNCC2. The van der Waals surface area contributed by atoms with E-state index in [2.05, 4.69) is 20.8 Å². The molecule has 0 atom stereocenters. The molecule has 1 amide bonds. The summed E-state index contributed by atoms with van der Waals surface area (Å²) in [4.78, 5) is 12.0. The highest BCUT2D eigenvalue weighted by Crippen LogP contribution is 2.15. The van der Waals surface area contributed by atoms with E-state index >= 15 is 0 Å². The van der Waals surface area contributed by atoms with Crippen LogP contribution in [0.1, 0.15) is 42.5 Å². The third kappa shape index (κ3) is 2.24. The summed E-state index contributed by atoms with van der Waals surface area (Å²) in [5.41, 5.74) is 2.38. The lowest BCUT2D eigenvalue weighted by Gasteiger charge is -2.20. The third-order valence-corrected chi connectivity index (χ3v) is 2.51. The lowest BCUT2D eigenvalue weighted by Crippen LogP contribution is -2.41. The van der Waals surface area contributed by atoms with Crippen LogP contribution in [-0.2, 0) is 13.0 Å². The van der Waals surface area contributed by atoms with Crippen molar-refractivity contribution < 1.29 is 4.79 Å². The molecular weight excluding hydrogens is 204 g/mol. The van der Waals surface area contributed by atoms with Gasteiger partial charge in [0.1, 0.15) is 0 Å². The van der Waals surface area contributed by atoms with Crippen LogP contribution < -0.4 is 10.6 Å². The number of carbonyl (C=O) groups excluding carboxylic acids is 1. The van der Waals surface area contributed by atoms with Crippen molar-refractivity contribution in [1.29, 1.82) is 0 Å². The number of hydrogen-bond acceptors (Lipinski definition) is 3. The van der Waals surface area contributed by atoms with Crippen LogP contribution in [0.15, 0.2) is 0 Å². The molecule has 0 aliphatic carbocycles. The van der Waals surface area contributed by atoms with Gasteiger partial charge in [-0.3, -0.25) is 9.89 Å². The topological polar surface area (TPSA) is 69.8 Å². The first kappa shape index (κ1) is 11.1. The van der Waals surface area contributed by atoms with Crippen LogP contribution in [0, 0.1) is 0 Å². The van der Waals surface area contributed by atoms with Crippen molar-refractivity contribution in [2.75, 3.05) is 6.54 Å². The Balaban J connectivity index is 2.21. The zero-order valence-corrected chi connectivity index (χ0v) is 9.98. The highest BCUT2D eigenvalue weighted by Gasteiger charge is 2.24. The molecule has 2 rings (SSSR count). The number of nitrogens with one attached hydrogen (secondary N) is 3. The van der Waals surface area contributed by atoms with Gasteiger partial charge < -0.3 is 10.6 Å². The van der Waals surface area contributed by atoms with Gasteiger partial charge in [0.15, 0.2) is 5.69 Å². The van der Waals surface area contributed by atoms with E-state index in [4.69, 9.17) is 0 Å². The first-order valence-corrected chi connectivity index (χ1v) is 5.57. The van der Waals surface area contributed by atoms with E-state index in [1.165, 1.54) is 0 Å². The fraction of sp³-hybridized carbons (Fsp3) is 0.636. The number of aromatic amines is 1. The highest BCUT2D eigenvalue weighted by molar-refractivity contribution is 5.94. The second-order valence-corrected chi connectivity index (χ2v) is 5.16. The summed E-state index contributed by atoms with van der Waals surface area (Å²) in [7, 11) is 0. The standard InChI is InChI=1S/C11H18N4O/c1-11(2,3)13-10(16)9-7-6-12-5-4-8(7)14-15-9/h12H,4-6H2,1-3H3,(H,13,16)(H,14,15). The molecule has 5 heteroatoms. The molecular formula is C11H18N4O. The first-order chi connectivity index (χ1) is 7.47. The number of H-pyrrole nitrogens is 1. The van der Waals surface area contributed by atoms with Crippen molar-refractivity contribution in [3.63, 3.8) is 0 Å². The Morgan fingerprint density at radius 1 is 1.44 bits per heavy atom. The van der Waals surface area contributed by atoms with E-state index in [-0.39, 0.29) is 11.4 Å². The summed E-state index contributed by atoms with van der Waals surface area (Å²) in [6.45, 7) is 7.54. The number of nitrogens with zero attached hydrogens (tertiary/aromatic N) is 1. The van der Waals surface area contributed by atoms with Crippen molar-refractivity contribution in [2.24, 2.45) is 0 Å². The Hall–Kier alpha value is -1.36. The molecule has 0 aromatic carbocycles. The molecule has 5 nitrogen and oxygen atoms in total. The zero-order chi connectivity index (χ0) is 11.8. The largest absolute Gasteiger partial charge is 0.346 e. The molecule has 0 spiro atoms. The fourth-order valence-electron chi connectivity index (χ4n) is 1.81. The van der Waals surface area contributed by atoms with Gasteiger partial charge in [0.05, 0.1) is 0 Å². The first-order valence-electron chi connectivity index (χ1n) is 5.57. The maximum absolute atomic E-state index is 12.0. The predicted molar refractivity (Wildman–Crippen MR) is 61.2 cm³/mol. The molecule has 1 aromatic rings. The minimum atomic E-state index is -0.231. The monoisotopic (exact) mass is 222 g/mol. The Kier molecular flexibility index (Phi) is 2.71. The summed E-state index contributed by atoms with van der Waals surface area (Å²) >= 11 is 0. The van der Waals surface area contributed by atoms with E-state index in [0.29, 0.717) is 5.69 Å². The van der Waals surface area contributed by atoms with Gasteiger partial charge in [0.2, 0.25) is 0 Å². The lowest BCUT2D eigenvalue weighted by molar-refractivity contribution is 0.0913. The molecule has 3 N–H and O–H groups in total. The van der Waals surface area contributed by atoms with Gasteiger partial charge in [-0.2, -0.15) is 5.10 Å². The maximum Gasteiger partial charge on any atom is 0.272 e. The van der Waals surface area contributed by atoms with Crippen LogP contribution in [0.3, 0.4) is 0 Å². The second kappa shape index (κ2) is 3.90. The van der Waals surface area contributed by atoms with Gasteiger partial charge >= 0.3 is 0 Å². The molecule has 16 heavy (non-hydrogen) atoms. The summed E-state index contributed by atoms with van der Waals surface area (Å²) in [6.07, 6.45) is 0.908. The maximum atomic E-state index is 12.0. The summed E-state index contributed by atoms with van der Waals surface area (Å²) < 4.78 is 0. The van der Waals surface area contributed by atoms with Gasteiger partial charge in [-0.15, -0.1) is 0 Å². The van der Waals surface area contributed by atoms with Crippen LogP contribution in [0.25, 0.3) is 0 Å². The quantitative estimate of drug-likeness (QED) is 0.651. The van der Waals surface area contributed by atoms with E-state index < -0.39 is 0 Å². The van der Waals surface area contributed by atoms with E-state index in [1.54, 1.807) is 0 Å². The second-order valence-electron chi connectivity index (χ2n) is 5.16. The number of fused-ring (bicyclic) bond motifs is 1. The molecule has 2 heterocycles. The highest BCUT2D eigenvalue weighted by atomic mass is 16.2. The van der Waals surface area contributed by atoms with Crippen molar-refractivity contribution in [2.45, 2.75) is 39.3 Å². The van der Waals surface area contributed by atoms with Crippen molar-refractivity contribution >= 4 is 5.91 Å². The van der Waals surface area contributed by atoms with E-state index in [9.17, 15) is 4.79 Å². The number of rotatable bonds is 1.